The van der Waals surface area contributed by atoms with Crippen LogP contribution in [0.1, 0.15) is 5.56 Å². The summed E-state index contributed by atoms with van der Waals surface area (Å²) in [4.78, 5) is 13.6. The molecule has 92 valence electrons. The van der Waals surface area contributed by atoms with Gasteiger partial charge in [-0.05, 0) is 18.1 Å². The van der Waals surface area contributed by atoms with Crippen molar-refractivity contribution in [3.8, 4) is 0 Å². The molecule has 2 rings (SSSR count). The SMILES string of the molecule is COC.NC(C=O)Cc1c[nH]c2ccccc12. The van der Waals surface area contributed by atoms with E-state index in [1.807, 2.05) is 30.5 Å². The number of hydrogen-bond donors (Lipinski definition) is 2. The molecule has 4 heteroatoms. The number of benzene rings is 1. The molecule has 0 spiro atoms. The Hall–Kier alpha value is -1.65. The van der Waals surface area contributed by atoms with E-state index in [0.717, 1.165) is 22.8 Å². The Morgan fingerprint density at radius 3 is 2.71 bits per heavy atom. The van der Waals surface area contributed by atoms with Gasteiger partial charge >= 0.3 is 0 Å². The van der Waals surface area contributed by atoms with Crippen LogP contribution in [0.15, 0.2) is 30.5 Å². The summed E-state index contributed by atoms with van der Waals surface area (Å²) in [7, 11) is 3.25. The monoisotopic (exact) mass is 234 g/mol. The highest BCUT2D eigenvalue weighted by atomic mass is 16.4. The maximum absolute atomic E-state index is 10.4. The molecule has 0 fully saturated rings. The van der Waals surface area contributed by atoms with Crippen molar-refractivity contribution in [3.63, 3.8) is 0 Å². The van der Waals surface area contributed by atoms with Gasteiger partial charge in [-0.15, -0.1) is 0 Å². The lowest BCUT2D eigenvalue weighted by molar-refractivity contribution is -0.108. The molecule has 17 heavy (non-hydrogen) atoms. The Balaban J connectivity index is 0.000000437. The highest BCUT2D eigenvalue weighted by Crippen LogP contribution is 2.18. The summed E-state index contributed by atoms with van der Waals surface area (Å²) >= 11 is 0. The number of aromatic amines is 1. The standard InChI is InChI=1S/C11H12N2O.C2H6O/c12-9(7-14)5-8-6-13-11-4-2-1-3-10(8)11;1-3-2/h1-4,6-7,9,13H,5,12H2;1-2H3. The molecule has 0 amide bonds. The van der Waals surface area contributed by atoms with Crippen LogP contribution in [-0.4, -0.2) is 31.5 Å². The van der Waals surface area contributed by atoms with Crippen LogP contribution in [0, 0.1) is 0 Å². The van der Waals surface area contributed by atoms with Gasteiger partial charge < -0.3 is 20.2 Å². The molecule has 4 nitrogen and oxygen atoms in total. The summed E-state index contributed by atoms with van der Waals surface area (Å²) in [6.45, 7) is 0. The number of para-hydroxylation sites is 1. The van der Waals surface area contributed by atoms with Gasteiger partial charge in [0.2, 0.25) is 0 Å². The number of H-pyrrole nitrogens is 1. The van der Waals surface area contributed by atoms with E-state index in [1.54, 1.807) is 14.2 Å². The molecule has 1 aromatic carbocycles. The molecule has 1 unspecified atom stereocenters. The Labute approximate surface area is 101 Å². The summed E-state index contributed by atoms with van der Waals surface area (Å²) < 4.78 is 4.25. The maximum atomic E-state index is 10.4. The van der Waals surface area contributed by atoms with Gasteiger partial charge in [0.05, 0.1) is 6.04 Å². The molecule has 0 aliphatic carbocycles. The van der Waals surface area contributed by atoms with Crippen molar-refractivity contribution in [1.82, 2.24) is 4.98 Å². The predicted molar refractivity (Wildman–Crippen MR) is 69.0 cm³/mol. The zero-order valence-corrected chi connectivity index (χ0v) is 10.1. The number of carbonyl (C=O) groups is 1. The van der Waals surface area contributed by atoms with Crippen molar-refractivity contribution in [2.75, 3.05) is 14.2 Å². The molecule has 1 aromatic heterocycles. The first-order valence-corrected chi connectivity index (χ1v) is 5.39. The smallest absolute Gasteiger partial charge is 0.137 e. The molecule has 0 bridgehead atoms. The van der Waals surface area contributed by atoms with Crippen LogP contribution in [0.4, 0.5) is 0 Å². The molecule has 0 radical (unpaired) electrons. The number of fused-ring (bicyclic) bond motifs is 1. The average Bonchev–Trinajstić information content (AvgIpc) is 2.74. The first-order valence-electron chi connectivity index (χ1n) is 5.39. The van der Waals surface area contributed by atoms with E-state index in [1.165, 1.54) is 0 Å². The Kier molecular flexibility index (Phi) is 5.39. The van der Waals surface area contributed by atoms with Crippen molar-refractivity contribution >= 4 is 17.2 Å². The van der Waals surface area contributed by atoms with E-state index in [0.29, 0.717) is 6.42 Å². The summed E-state index contributed by atoms with van der Waals surface area (Å²) in [5.41, 5.74) is 7.75. The van der Waals surface area contributed by atoms with E-state index in [9.17, 15) is 4.79 Å². The van der Waals surface area contributed by atoms with Crippen LogP contribution < -0.4 is 5.73 Å². The third-order valence-corrected chi connectivity index (χ3v) is 2.31. The van der Waals surface area contributed by atoms with Crippen LogP contribution >= 0.6 is 0 Å². The molecule has 0 aliphatic rings. The molecule has 1 heterocycles. The molecule has 0 saturated heterocycles. The van der Waals surface area contributed by atoms with E-state index in [2.05, 4.69) is 9.72 Å². The lowest BCUT2D eigenvalue weighted by atomic mass is 10.1. The predicted octanol–water partition coefficient (Wildman–Crippen LogP) is 1.50. The number of aldehydes is 1. The fourth-order valence-corrected chi connectivity index (χ4v) is 1.60. The number of nitrogens with one attached hydrogen (secondary N) is 1. The van der Waals surface area contributed by atoms with Crippen molar-refractivity contribution in [2.24, 2.45) is 5.73 Å². The number of hydrogen-bond acceptors (Lipinski definition) is 3. The van der Waals surface area contributed by atoms with Crippen LogP contribution in [0.25, 0.3) is 10.9 Å². The summed E-state index contributed by atoms with van der Waals surface area (Å²) in [5.74, 6) is 0. The first kappa shape index (κ1) is 13.4. The molecule has 1 atom stereocenters. The van der Waals surface area contributed by atoms with Crippen LogP contribution in [-0.2, 0) is 16.0 Å². The molecule has 0 aliphatic heterocycles. The maximum Gasteiger partial charge on any atom is 0.137 e. The lowest BCUT2D eigenvalue weighted by Gasteiger charge is -2.01. The van der Waals surface area contributed by atoms with Gasteiger partial charge in [-0.25, -0.2) is 0 Å². The van der Waals surface area contributed by atoms with Gasteiger partial charge in [-0.1, -0.05) is 18.2 Å². The highest BCUT2D eigenvalue weighted by molar-refractivity contribution is 5.83. The largest absolute Gasteiger partial charge is 0.388 e. The van der Waals surface area contributed by atoms with E-state index < -0.39 is 6.04 Å². The number of methoxy groups -OCH3 is 1. The molecular formula is C13H18N2O2. The first-order chi connectivity index (χ1) is 8.22. The number of nitrogens with two attached hydrogens (primary N) is 1. The number of carbonyl (C=O) groups excluding carboxylic acids is 1. The third-order valence-electron chi connectivity index (χ3n) is 2.31. The second-order valence-electron chi connectivity index (χ2n) is 3.77. The van der Waals surface area contributed by atoms with E-state index in [-0.39, 0.29) is 0 Å². The molecule has 0 saturated carbocycles. The number of aromatic nitrogens is 1. The van der Waals surface area contributed by atoms with Crippen LogP contribution in [0.2, 0.25) is 0 Å². The number of rotatable bonds is 3. The number of ether oxygens (including phenoxy) is 1. The Morgan fingerprint density at radius 1 is 1.41 bits per heavy atom. The average molecular weight is 234 g/mol. The molecule has 3 N–H and O–H groups in total. The zero-order valence-electron chi connectivity index (χ0n) is 10.1. The van der Waals surface area contributed by atoms with Gasteiger partial charge in [0.1, 0.15) is 6.29 Å². The Bertz CT molecular complexity index is 465. The van der Waals surface area contributed by atoms with Gasteiger partial charge in [0.15, 0.2) is 0 Å². The van der Waals surface area contributed by atoms with Crippen molar-refractivity contribution in [2.45, 2.75) is 12.5 Å². The topological polar surface area (TPSA) is 68.1 Å². The van der Waals surface area contributed by atoms with Crippen molar-refractivity contribution in [3.05, 3.63) is 36.0 Å². The highest BCUT2D eigenvalue weighted by Gasteiger charge is 2.06. The summed E-state index contributed by atoms with van der Waals surface area (Å²) in [6.07, 6.45) is 3.28. The van der Waals surface area contributed by atoms with Crippen molar-refractivity contribution in [1.29, 1.82) is 0 Å². The van der Waals surface area contributed by atoms with Crippen LogP contribution in [0.5, 0.6) is 0 Å². The van der Waals surface area contributed by atoms with E-state index in [4.69, 9.17) is 5.73 Å². The fourth-order valence-electron chi connectivity index (χ4n) is 1.60. The Morgan fingerprint density at radius 2 is 2.06 bits per heavy atom. The van der Waals surface area contributed by atoms with Gasteiger partial charge in [0, 0.05) is 31.3 Å². The third kappa shape index (κ3) is 3.69. The summed E-state index contributed by atoms with van der Waals surface area (Å²) in [5, 5.41) is 1.14. The quantitative estimate of drug-likeness (QED) is 0.791. The second kappa shape index (κ2) is 6.83. The normalized spacial score (nSPS) is 11.7. The fraction of sp³-hybridized carbons (Fsp3) is 0.308. The van der Waals surface area contributed by atoms with Crippen molar-refractivity contribution < 1.29 is 9.53 Å². The minimum Gasteiger partial charge on any atom is -0.388 e. The van der Waals surface area contributed by atoms with Gasteiger partial charge in [-0.3, -0.25) is 0 Å². The minimum absolute atomic E-state index is 0.408. The van der Waals surface area contributed by atoms with Crippen LogP contribution in [0.3, 0.4) is 0 Å². The lowest BCUT2D eigenvalue weighted by Crippen LogP contribution is -2.23. The second-order valence-corrected chi connectivity index (χ2v) is 3.77. The molecule has 2 aromatic rings. The van der Waals surface area contributed by atoms with Gasteiger partial charge in [-0.2, -0.15) is 0 Å². The van der Waals surface area contributed by atoms with E-state index >= 15 is 0 Å². The zero-order chi connectivity index (χ0) is 12.7. The van der Waals surface area contributed by atoms with Gasteiger partial charge in [0.25, 0.3) is 0 Å². The summed E-state index contributed by atoms with van der Waals surface area (Å²) in [6, 6.07) is 7.58. The molecular weight excluding hydrogens is 216 g/mol. The minimum atomic E-state index is -0.408.